The van der Waals surface area contributed by atoms with Crippen molar-refractivity contribution in [3.8, 4) is 78.7 Å². The Morgan fingerprint density at radius 1 is 0.305 bits per heavy atom. The minimum Gasteiger partial charge on any atom is -0.208 e. The molecule has 0 saturated heterocycles. The van der Waals surface area contributed by atoms with Crippen molar-refractivity contribution >= 4 is 13.3 Å². The van der Waals surface area contributed by atoms with Crippen molar-refractivity contribution in [2.24, 2.45) is 0 Å². The lowest BCUT2D eigenvalue weighted by molar-refractivity contribution is 0.795. The van der Waals surface area contributed by atoms with Crippen LogP contribution in [0.15, 0.2) is 194 Å². The van der Waals surface area contributed by atoms with Gasteiger partial charge in [-0.1, -0.05) is 207 Å². The van der Waals surface area contributed by atoms with Crippen molar-refractivity contribution in [2.45, 2.75) is 25.1 Å². The lowest BCUT2D eigenvalue weighted by atomic mass is 9.70. The molecule has 0 saturated carbocycles. The summed E-state index contributed by atoms with van der Waals surface area (Å²) in [7, 11) is -1.60. The highest BCUT2D eigenvalue weighted by Gasteiger charge is 2.52. The summed E-state index contributed by atoms with van der Waals surface area (Å²) >= 11 is 0. The first kappa shape index (κ1) is 35.2. The third kappa shape index (κ3) is 5.66. The number of aromatic nitrogens is 3. The number of benzene rings is 8. The lowest BCUT2D eigenvalue weighted by Crippen LogP contribution is -2.38. The van der Waals surface area contributed by atoms with Gasteiger partial charge in [-0.05, 0) is 78.9 Å². The van der Waals surface area contributed by atoms with Crippen molar-refractivity contribution in [1.82, 2.24) is 15.0 Å². The molecule has 0 N–H and O–H groups in total. The maximum Gasteiger partial charge on any atom is 0.164 e. The van der Waals surface area contributed by atoms with Crippen LogP contribution in [0.1, 0.15) is 22.3 Å². The van der Waals surface area contributed by atoms with Crippen LogP contribution in [0.3, 0.4) is 0 Å². The van der Waals surface area contributed by atoms with E-state index < -0.39 is 8.07 Å². The first-order valence-corrected chi connectivity index (χ1v) is 23.9. The van der Waals surface area contributed by atoms with Gasteiger partial charge in [0.2, 0.25) is 0 Å². The molecule has 9 aromatic rings. The molecule has 0 aliphatic heterocycles. The molecule has 280 valence electrons. The molecule has 11 rings (SSSR count). The Balaban J connectivity index is 1.000. The summed E-state index contributed by atoms with van der Waals surface area (Å²) in [6.07, 6.45) is 0. The Morgan fingerprint density at radius 3 is 1.25 bits per heavy atom. The van der Waals surface area contributed by atoms with E-state index in [-0.39, 0.29) is 5.41 Å². The van der Waals surface area contributed by atoms with Crippen LogP contribution in [0.2, 0.25) is 19.6 Å². The second kappa shape index (κ2) is 13.5. The van der Waals surface area contributed by atoms with E-state index in [4.69, 9.17) is 15.0 Å². The third-order valence-corrected chi connectivity index (χ3v) is 14.4. The summed E-state index contributed by atoms with van der Waals surface area (Å²) in [5.41, 5.74) is 18.1. The topological polar surface area (TPSA) is 38.7 Å². The van der Waals surface area contributed by atoms with Gasteiger partial charge in [-0.2, -0.15) is 0 Å². The molecule has 3 nitrogen and oxygen atoms in total. The summed E-state index contributed by atoms with van der Waals surface area (Å²) in [5.74, 6) is 1.97. The average molecular weight is 772 g/mol. The van der Waals surface area contributed by atoms with Gasteiger partial charge in [0.15, 0.2) is 17.5 Å². The minimum atomic E-state index is -1.60. The van der Waals surface area contributed by atoms with Gasteiger partial charge in [0, 0.05) is 16.7 Å². The van der Waals surface area contributed by atoms with Gasteiger partial charge in [-0.3, -0.25) is 0 Å². The predicted octanol–water partition coefficient (Wildman–Crippen LogP) is 13.1. The lowest BCUT2D eigenvalue weighted by Gasteiger charge is -2.31. The van der Waals surface area contributed by atoms with Crippen LogP contribution in [0.4, 0.5) is 0 Å². The van der Waals surface area contributed by atoms with Gasteiger partial charge in [0.1, 0.15) is 0 Å². The Kier molecular flexibility index (Phi) is 8.07. The van der Waals surface area contributed by atoms with E-state index >= 15 is 0 Å². The van der Waals surface area contributed by atoms with Crippen LogP contribution in [0.25, 0.3) is 78.7 Å². The molecule has 1 spiro atoms. The second-order valence-electron chi connectivity index (χ2n) is 16.8. The fraction of sp³-hybridized carbons (Fsp3) is 0.0727. The fourth-order valence-corrected chi connectivity index (χ4v) is 10.6. The third-order valence-electron chi connectivity index (χ3n) is 12.3. The predicted molar refractivity (Wildman–Crippen MR) is 246 cm³/mol. The zero-order valence-corrected chi connectivity index (χ0v) is 34.3. The molecule has 4 heteroatoms. The average Bonchev–Trinajstić information content (AvgIpc) is 3.76. The van der Waals surface area contributed by atoms with Crippen LogP contribution in [0, 0.1) is 0 Å². The van der Waals surface area contributed by atoms with E-state index in [1.165, 1.54) is 60.8 Å². The van der Waals surface area contributed by atoms with Crippen molar-refractivity contribution < 1.29 is 0 Å². The molecular weight excluding hydrogens is 731 g/mol. The van der Waals surface area contributed by atoms with Crippen LogP contribution < -0.4 is 5.19 Å². The molecule has 2 aliphatic carbocycles. The van der Waals surface area contributed by atoms with E-state index in [9.17, 15) is 0 Å². The van der Waals surface area contributed by atoms with E-state index in [1.807, 2.05) is 60.7 Å². The molecule has 0 bridgehead atoms. The highest BCUT2D eigenvalue weighted by Crippen LogP contribution is 2.63. The van der Waals surface area contributed by atoms with Gasteiger partial charge in [-0.25, -0.2) is 15.0 Å². The summed E-state index contributed by atoms with van der Waals surface area (Å²) in [6.45, 7) is 7.36. The summed E-state index contributed by atoms with van der Waals surface area (Å²) in [6, 6.07) is 70.5. The number of nitrogens with zero attached hydrogens (tertiary/aromatic N) is 3. The Bertz CT molecular complexity index is 2970. The van der Waals surface area contributed by atoms with Crippen molar-refractivity contribution in [2.75, 3.05) is 0 Å². The molecule has 59 heavy (non-hydrogen) atoms. The molecule has 0 fully saturated rings. The van der Waals surface area contributed by atoms with Crippen LogP contribution >= 0.6 is 0 Å². The van der Waals surface area contributed by atoms with Gasteiger partial charge >= 0.3 is 0 Å². The SMILES string of the molecule is C[Si](C)(C)c1ccc2c(c1)C1(c3ccccc3-c3ccccc31)c1cc(-c3cccc(-c4ccc(-c5nc(-c6ccccc6)nc(-c6ccccc6)n5)cc4)c3)ccc1-2. The highest BCUT2D eigenvalue weighted by atomic mass is 28.3. The molecule has 1 aromatic heterocycles. The van der Waals surface area contributed by atoms with Gasteiger partial charge in [0.25, 0.3) is 0 Å². The van der Waals surface area contributed by atoms with E-state index in [0.29, 0.717) is 17.5 Å². The van der Waals surface area contributed by atoms with Gasteiger partial charge in [0.05, 0.1) is 13.5 Å². The normalized spacial score (nSPS) is 13.1. The van der Waals surface area contributed by atoms with Gasteiger partial charge < -0.3 is 0 Å². The molecule has 1 heterocycles. The highest BCUT2D eigenvalue weighted by molar-refractivity contribution is 6.88. The molecule has 8 aromatic carbocycles. The number of hydrogen-bond acceptors (Lipinski definition) is 3. The second-order valence-corrected chi connectivity index (χ2v) is 21.9. The summed E-state index contributed by atoms with van der Waals surface area (Å²) in [4.78, 5) is 14.8. The quantitative estimate of drug-likeness (QED) is 0.158. The smallest absolute Gasteiger partial charge is 0.164 e. The molecule has 0 unspecified atom stereocenters. The maximum absolute atomic E-state index is 4.95. The van der Waals surface area contributed by atoms with Crippen LogP contribution in [-0.2, 0) is 5.41 Å². The molecule has 2 aliphatic rings. The van der Waals surface area contributed by atoms with E-state index in [2.05, 4.69) is 153 Å². The van der Waals surface area contributed by atoms with E-state index in [1.54, 1.807) is 0 Å². The summed E-state index contributed by atoms with van der Waals surface area (Å²) in [5, 5.41) is 1.49. The zero-order valence-electron chi connectivity index (χ0n) is 33.3. The minimum absolute atomic E-state index is 0.382. The fourth-order valence-electron chi connectivity index (χ4n) is 9.41. The first-order chi connectivity index (χ1) is 28.9. The zero-order chi connectivity index (χ0) is 39.7. The summed E-state index contributed by atoms with van der Waals surface area (Å²) < 4.78 is 0. The van der Waals surface area contributed by atoms with Crippen LogP contribution in [-0.4, -0.2) is 23.0 Å². The van der Waals surface area contributed by atoms with Crippen LogP contribution in [0.5, 0.6) is 0 Å². The largest absolute Gasteiger partial charge is 0.208 e. The van der Waals surface area contributed by atoms with E-state index in [0.717, 1.165) is 27.8 Å². The number of hydrogen-bond donors (Lipinski definition) is 0. The van der Waals surface area contributed by atoms with Gasteiger partial charge in [-0.15, -0.1) is 0 Å². The maximum atomic E-state index is 4.95. The standard InChI is InChI=1S/C55H41N3Si/c1-59(2,3)43-30-32-47-46-31-29-42(34-50(46)55(51(47)35-43)48-23-12-10-21-44(48)45-22-11-13-24-49(45)55)41-20-14-19-40(33-41)36-25-27-39(28-26-36)54-57-52(37-15-6-4-7-16-37)56-53(58-54)38-17-8-5-9-18-38/h4-35H,1-3H3. The monoisotopic (exact) mass is 771 g/mol. The molecule has 0 atom stereocenters. The Labute approximate surface area is 346 Å². The first-order valence-electron chi connectivity index (χ1n) is 20.4. The number of fused-ring (bicyclic) bond motifs is 10. The molecular formula is C55H41N3Si. The molecule has 0 radical (unpaired) electrons. The van der Waals surface area contributed by atoms with Crippen molar-refractivity contribution in [3.63, 3.8) is 0 Å². The van der Waals surface area contributed by atoms with Crippen molar-refractivity contribution in [1.29, 1.82) is 0 Å². The molecule has 0 amide bonds. The Morgan fingerprint density at radius 2 is 0.695 bits per heavy atom. The number of rotatable bonds is 6. The van der Waals surface area contributed by atoms with Crippen molar-refractivity contribution in [3.05, 3.63) is 216 Å². The Hall–Kier alpha value is -7.01.